The molecule has 1 fully saturated rings. The summed E-state index contributed by atoms with van der Waals surface area (Å²) in [6.07, 6.45) is 3.92. The van der Waals surface area contributed by atoms with Gasteiger partial charge < -0.3 is 20.9 Å². The maximum atomic E-state index is 12.4. The van der Waals surface area contributed by atoms with Gasteiger partial charge in [-0.25, -0.2) is 9.78 Å². The third-order valence-corrected chi connectivity index (χ3v) is 6.24. The lowest BCUT2D eigenvalue weighted by Gasteiger charge is -2.30. The van der Waals surface area contributed by atoms with E-state index < -0.39 is 0 Å². The molecule has 1 aliphatic rings. The lowest BCUT2D eigenvalue weighted by molar-refractivity contribution is 0.229. The van der Waals surface area contributed by atoms with Crippen molar-refractivity contribution in [2.45, 2.75) is 50.7 Å². The highest BCUT2D eigenvalue weighted by atomic mass is 16.2. The van der Waals surface area contributed by atoms with E-state index in [-0.39, 0.29) is 18.1 Å². The number of nitrogens with zero attached hydrogens (tertiary/aromatic N) is 2. The van der Waals surface area contributed by atoms with Gasteiger partial charge in [0.1, 0.15) is 5.82 Å². The SMILES string of the molecule is CC(NC(=O)NC1CCC(Nc2cc(N(C)C)c3ccccc3n2)CC1)c1ccccc1. The predicted octanol–water partition coefficient (Wildman–Crippen LogP) is 5.08. The van der Waals surface area contributed by atoms with Gasteiger partial charge in [-0.15, -0.1) is 0 Å². The number of nitrogens with one attached hydrogen (secondary N) is 3. The highest BCUT2D eigenvalue weighted by Crippen LogP contribution is 2.29. The van der Waals surface area contributed by atoms with Gasteiger partial charge in [-0.3, -0.25) is 0 Å². The Morgan fingerprint density at radius 1 is 0.969 bits per heavy atom. The second-order valence-corrected chi connectivity index (χ2v) is 8.88. The molecule has 1 saturated carbocycles. The summed E-state index contributed by atoms with van der Waals surface area (Å²) in [5.41, 5.74) is 3.27. The molecule has 0 spiro atoms. The standard InChI is InChI=1S/C26H33N5O/c1-18(19-9-5-4-6-10-19)27-26(32)29-21-15-13-20(14-16-21)28-25-17-24(31(2)3)22-11-7-8-12-23(22)30-25/h4-12,17-18,20-21H,13-16H2,1-3H3,(H,28,30)(H2,27,29,32). The summed E-state index contributed by atoms with van der Waals surface area (Å²) >= 11 is 0. The molecule has 1 heterocycles. The number of para-hydroxylation sites is 1. The third kappa shape index (κ3) is 5.31. The predicted molar refractivity (Wildman–Crippen MR) is 132 cm³/mol. The van der Waals surface area contributed by atoms with Crippen molar-refractivity contribution >= 4 is 28.4 Å². The van der Waals surface area contributed by atoms with Crippen LogP contribution in [0.15, 0.2) is 60.7 Å². The van der Waals surface area contributed by atoms with Crippen LogP contribution in [0.1, 0.15) is 44.2 Å². The van der Waals surface area contributed by atoms with Gasteiger partial charge in [0, 0.05) is 43.3 Å². The summed E-state index contributed by atoms with van der Waals surface area (Å²) in [4.78, 5) is 19.4. The Bertz CT molecular complexity index is 1040. The number of hydrogen-bond donors (Lipinski definition) is 3. The first-order valence-corrected chi connectivity index (χ1v) is 11.4. The number of fused-ring (bicyclic) bond motifs is 1. The van der Waals surface area contributed by atoms with E-state index in [0.29, 0.717) is 6.04 Å². The summed E-state index contributed by atoms with van der Waals surface area (Å²) < 4.78 is 0. The number of benzene rings is 2. The Labute approximate surface area is 190 Å². The van der Waals surface area contributed by atoms with Crippen LogP contribution in [0.2, 0.25) is 0 Å². The fourth-order valence-electron chi connectivity index (χ4n) is 4.44. The van der Waals surface area contributed by atoms with Gasteiger partial charge in [-0.2, -0.15) is 0 Å². The van der Waals surface area contributed by atoms with E-state index in [1.165, 1.54) is 0 Å². The van der Waals surface area contributed by atoms with Crippen LogP contribution in [0.5, 0.6) is 0 Å². The minimum absolute atomic E-state index is 0.0147. The van der Waals surface area contributed by atoms with Crippen molar-refractivity contribution in [1.82, 2.24) is 15.6 Å². The van der Waals surface area contributed by atoms with Crippen LogP contribution in [-0.4, -0.2) is 37.2 Å². The quantitative estimate of drug-likeness (QED) is 0.509. The van der Waals surface area contributed by atoms with E-state index in [4.69, 9.17) is 4.98 Å². The molecule has 4 rings (SSSR count). The van der Waals surface area contributed by atoms with Gasteiger partial charge in [0.15, 0.2) is 0 Å². The first kappa shape index (κ1) is 21.9. The first-order chi connectivity index (χ1) is 15.5. The Morgan fingerprint density at radius 2 is 1.62 bits per heavy atom. The monoisotopic (exact) mass is 431 g/mol. The van der Waals surface area contributed by atoms with Gasteiger partial charge >= 0.3 is 6.03 Å². The summed E-state index contributed by atoms with van der Waals surface area (Å²) in [5.74, 6) is 0.915. The minimum atomic E-state index is -0.0930. The van der Waals surface area contributed by atoms with E-state index in [9.17, 15) is 4.79 Å². The zero-order valence-corrected chi connectivity index (χ0v) is 19.1. The number of hydrogen-bond acceptors (Lipinski definition) is 4. The lowest BCUT2D eigenvalue weighted by Crippen LogP contribution is -2.45. The average molecular weight is 432 g/mol. The van der Waals surface area contributed by atoms with Crippen molar-refractivity contribution in [1.29, 1.82) is 0 Å². The van der Waals surface area contributed by atoms with Gasteiger partial charge in [-0.1, -0.05) is 48.5 Å². The molecule has 0 aliphatic heterocycles. The van der Waals surface area contributed by atoms with E-state index >= 15 is 0 Å². The summed E-state index contributed by atoms with van der Waals surface area (Å²) in [5, 5.41) is 11.0. The van der Waals surface area contributed by atoms with Crippen molar-refractivity contribution in [3.05, 3.63) is 66.2 Å². The van der Waals surface area contributed by atoms with Crippen LogP contribution in [0, 0.1) is 0 Å². The number of anilines is 2. The number of urea groups is 1. The highest BCUT2D eigenvalue weighted by molar-refractivity contribution is 5.93. The molecule has 168 valence electrons. The van der Waals surface area contributed by atoms with Crippen LogP contribution in [0.4, 0.5) is 16.3 Å². The van der Waals surface area contributed by atoms with Crippen LogP contribution in [0.25, 0.3) is 10.9 Å². The largest absolute Gasteiger partial charge is 0.377 e. The summed E-state index contributed by atoms with van der Waals surface area (Å²) in [7, 11) is 4.12. The van der Waals surface area contributed by atoms with E-state index in [0.717, 1.165) is 53.7 Å². The van der Waals surface area contributed by atoms with Crippen LogP contribution in [0.3, 0.4) is 0 Å². The Morgan fingerprint density at radius 3 is 2.34 bits per heavy atom. The molecule has 1 aliphatic carbocycles. The van der Waals surface area contributed by atoms with Gasteiger partial charge in [0.05, 0.1) is 11.6 Å². The van der Waals surface area contributed by atoms with Crippen molar-refractivity contribution in [3.63, 3.8) is 0 Å². The van der Waals surface area contributed by atoms with E-state index in [1.54, 1.807) is 0 Å². The molecule has 6 heteroatoms. The van der Waals surface area contributed by atoms with Crippen molar-refractivity contribution in [2.75, 3.05) is 24.3 Å². The smallest absolute Gasteiger partial charge is 0.315 e. The fraction of sp³-hybridized carbons (Fsp3) is 0.385. The van der Waals surface area contributed by atoms with Crippen LogP contribution in [-0.2, 0) is 0 Å². The lowest BCUT2D eigenvalue weighted by atomic mass is 9.91. The second kappa shape index (κ2) is 9.90. The van der Waals surface area contributed by atoms with Crippen LogP contribution >= 0.6 is 0 Å². The van der Waals surface area contributed by atoms with Gasteiger partial charge in [0.25, 0.3) is 0 Å². The zero-order chi connectivity index (χ0) is 22.5. The molecule has 3 aromatic rings. The third-order valence-electron chi connectivity index (χ3n) is 6.24. The summed E-state index contributed by atoms with van der Waals surface area (Å²) in [6.45, 7) is 2.01. The van der Waals surface area contributed by atoms with Crippen LogP contribution < -0.4 is 20.9 Å². The minimum Gasteiger partial charge on any atom is -0.377 e. The molecular weight excluding hydrogens is 398 g/mol. The molecule has 0 bridgehead atoms. The fourth-order valence-corrected chi connectivity index (χ4v) is 4.44. The molecule has 6 nitrogen and oxygen atoms in total. The second-order valence-electron chi connectivity index (χ2n) is 8.88. The number of amides is 2. The first-order valence-electron chi connectivity index (χ1n) is 11.4. The Balaban J connectivity index is 1.30. The van der Waals surface area contributed by atoms with E-state index in [2.05, 4.69) is 59.2 Å². The summed E-state index contributed by atoms with van der Waals surface area (Å²) in [6, 6.07) is 20.9. The molecule has 2 amide bonds. The Hall–Kier alpha value is -3.28. The topological polar surface area (TPSA) is 69.3 Å². The molecule has 2 aromatic carbocycles. The number of carbonyl (C=O) groups excluding carboxylic acids is 1. The van der Waals surface area contributed by atoms with Crippen molar-refractivity contribution in [2.24, 2.45) is 0 Å². The number of carbonyl (C=O) groups is 1. The normalized spacial score (nSPS) is 19.2. The van der Waals surface area contributed by atoms with Gasteiger partial charge in [-0.05, 0) is 44.2 Å². The van der Waals surface area contributed by atoms with Crippen molar-refractivity contribution < 1.29 is 4.79 Å². The number of pyridine rings is 1. The molecule has 32 heavy (non-hydrogen) atoms. The van der Waals surface area contributed by atoms with Gasteiger partial charge in [0.2, 0.25) is 0 Å². The molecular formula is C26H33N5O. The molecule has 3 N–H and O–H groups in total. The molecule has 0 saturated heterocycles. The molecule has 1 atom stereocenters. The number of aromatic nitrogens is 1. The molecule has 1 aromatic heterocycles. The maximum Gasteiger partial charge on any atom is 0.315 e. The maximum absolute atomic E-state index is 12.4. The number of rotatable bonds is 6. The zero-order valence-electron chi connectivity index (χ0n) is 19.1. The highest BCUT2D eigenvalue weighted by Gasteiger charge is 2.23. The molecule has 1 unspecified atom stereocenters. The molecule has 0 radical (unpaired) electrons. The van der Waals surface area contributed by atoms with E-state index in [1.807, 2.05) is 43.3 Å². The Kier molecular flexibility index (Phi) is 6.78. The average Bonchev–Trinajstić information content (AvgIpc) is 2.80. The van der Waals surface area contributed by atoms with Crippen molar-refractivity contribution in [3.8, 4) is 0 Å².